The smallest absolute Gasteiger partial charge is 0.206 e. The second-order valence-corrected chi connectivity index (χ2v) is 2.61. The Kier molecular flexibility index (Phi) is 3.06. The van der Waals surface area contributed by atoms with Crippen LogP contribution >= 0.6 is 0 Å². The maximum atomic E-state index is 12.9. The largest absolute Gasteiger partial charge is 0.422 e. The first kappa shape index (κ1) is 11.6. The van der Waals surface area contributed by atoms with Gasteiger partial charge in [-0.3, -0.25) is 0 Å². The molecule has 0 saturated heterocycles. The van der Waals surface area contributed by atoms with Crippen molar-refractivity contribution in [1.82, 2.24) is 0 Å². The van der Waals surface area contributed by atoms with Gasteiger partial charge in [0, 0.05) is 5.56 Å². The van der Waals surface area contributed by atoms with Gasteiger partial charge in [-0.15, -0.1) is 0 Å². The van der Waals surface area contributed by atoms with Crippen molar-refractivity contribution in [2.45, 2.75) is 6.18 Å². The van der Waals surface area contributed by atoms with Crippen LogP contribution in [-0.2, 0) is 0 Å². The molecule has 0 bridgehead atoms. The highest BCUT2D eigenvalue weighted by Crippen LogP contribution is 2.38. The molecule has 0 aliphatic heterocycles. The van der Waals surface area contributed by atoms with Crippen LogP contribution in [0.15, 0.2) is 30.3 Å². The monoisotopic (exact) mass is 226 g/mol. The van der Waals surface area contributed by atoms with Crippen LogP contribution in [-0.4, -0.2) is 6.18 Å². The fraction of sp³-hybridized carbons (Fsp3) is 0.111. The van der Waals surface area contributed by atoms with Gasteiger partial charge in [0.05, 0.1) is 0 Å². The molecule has 0 spiro atoms. The van der Waals surface area contributed by atoms with Crippen LogP contribution in [0, 0.1) is 5.82 Å². The topological polar surface area (TPSA) is 0 Å². The lowest BCUT2D eigenvalue weighted by molar-refractivity contribution is -0.0713. The van der Waals surface area contributed by atoms with Gasteiger partial charge in [0.2, 0.25) is 0 Å². The van der Waals surface area contributed by atoms with E-state index in [-0.39, 0.29) is 0 Å². The third kappa shape index (κ3) is 2.51. The van der Waals surface area contributed by atoms with Gasteiger partial charge in [-0.25, -0.2) is 4.39 Å². The molecule has 0 amide bonds. The van der Waals surface area contributed by atoms with Gasteiger partial charge in [0.1, 0.15) is 11.4 Å². The average molecular weight is 226 g/mol. The molecule has 0 aromatic heterocycles. The van der Waals surface area contributed by atoms with Crippen LogP contribution < -0.4 is 0 Å². The van der Waals surface area contributed by atoms with E-state index >= 15 is 0 Å². The van der Waals surface area contributed by atoms with Crippen molar-refractivity contribution in [3.05, 3.63) is 41.7 Å². The van der Waals surface area contributed by atoms with E-state index in [0.29, 0.717) is 12.1 Å². The molecule has 15 heavy (non-hydrogen) atoms. The van der Waals surface area contributed by atoms with Gasteiger partial charge < -0.3 is 0 Å². The summed E-state index contributed by atoms with van der Waals surface area (Å²) in [6.07, 6.45) is -8.23. The quantitative estimate of drug-likeness (QED) is 0.635. The van der Waals surface area contributed by atoms with E-state index in [9.17, 15) is 26.3 Å². The second kappa shape index (κ2) is 3.96. The number of rotatable bonds is 1. The van der Waals surface area contributed by atoms with E-state index in [1.165, 1.54) is 0 Å². The molecule has 82 valence electrons. The molecule has 6 heteroatoms. The van der Waals surface area contributed by atoms with Crippen molar-refractivity contribution in [3.63, 3.8) is 0 Å². The van der Waals surface area contributed by atoms with Crippen LogP contribution in [0.3, 0.4) is 0 Å². The highest BCUT2D eigenvalue weighted by atomic mass is 19.4. The van der Waals surface area contributed by atoms with E-state index in [4.69, 9.17) is 0 Å². The van der Waals surface area contributed by atoms with Crippen molar-refractivity contribution >= 4 is 5.57 Å². The van der Waals surface area contributed by atoms with Crippen LogP contribution in [0.5, 0.6) is 0 Å². The maximum Gasteiger partial charge on any atom is 0.422 e. The number of allylic oxidation sites excluding steroid dienone is 1. The van der Waals surface area contributed by atoms with Gasteiger partial charge >= 0.3 is 6.18 Å². The summed E-state index contributed by atoms with van der Waals surface area (Å²) in [6.45, 7) is 0. The van der Waals surface area contributed by atoms with Crippen LogP contribution in [0.2, 0.25) is 0 Å². The zero-order valence-electron chi connectivity index (χ0n) is 7.08. The minimum absolute atomic E-state index is 0.650. The minimum Gasteiger partial charge on any atom is -0.206 e. The minimum atomic E-state index is -5.28. The van der Waals surface area contributed by atoms with Crippen molar-refractivity contribution in [2.24, 2.45) is 0 Å². The van der Waals surface area contributed by atoms with E-state index in [0.717, 1.165) is 12.1 Å². The highest BCUT2D eigenvalue weighted by molar-refractivity contribution is 5.70. The molecule has 0 heterocycles. The first-order valence-electron chi connectivity index (χ1n) is 3.71. The SMILES string of the molecule is FC(F)=C(c1ccccc1F)C(F)(F)F. The van der Waals surface area contributed by atoms with Gasteiger partial charge in [-0.05, 0) is 6.07 Å². The Bertz CT molecular complexity index is 386. The molecule has 0 aliphatic rings. The summed E-state index contributed by atoms with van der Waals surface area (Å²) >= 11 is 0. The Hall–Kier alpha value is -1.46. The Balaban J connectivity index is 3.38. The summed E-state index contributed by atoms with van der Waals surface area (Å²) in [5, 5.41) is 0. The number of halogens is 6. The third-order valence-electron chi connectivity index (χ3n) is 1.62. The average Bonchev–Trinajstić information content (AvgIpc) is 2.05. The molecule has 0 N–H and O–H groups in total. The van der Waals surface area contributed by atoms with E-state index in [1.54, 1.807) is 0 Å². The van der Waals surface area contributed by atoms with Crippen LogP contribution in [0.4, 0.5) is 26.3 Å². The number of hydrogen-bond donors (Lipinski definition) is 0. The molecule has 0 unspecified atom stereocenters. The Morgan fingerprint density at radius 2 is 1.53 bits per heavy atom. The molecular formula is C9H4F6. The summed E-state index contributed by atoms with van der Waals surface area (Å²) in [5.74, 6) is -1.34. The lowest BCUT2D eigenvalue weighted by Gasteiger charge is -2.10. The summed E-state index contributed by atoms with van der Waals surface area (Å²) in [6, 6.07) is 3.50. The molecule has 0 fully saturated rings. The highest BCUT2D eigenvalue weighted by Gasteiger charge is 2.40. The maximum absolute atomic E-state index is 12.9. The number of benzene rings is 1. The molecule has 1 aromatic rings. The first-order valence-corrected chi connectivity index (χ1v) is 3.71. The molecule has 0 radical (unpaired) electrons. The zero-order valence-corrected chi connectivity index (χ0v) is 7.08. The predicted octanol–water partition coefficient (Wildman–Crippen LogP) is 4.00. The van der Waals surface area contributed by atoms with Gasteiger partial charge in [-0.1, -0.05) is 18.2 Å². The van der Waals surface area contributed by atoms with Crippen LogP contribution in [0.25, 0.3) is 5.57 Å². The fourth-order valence-corrected chi connectivity index (χ4v) is 1.03. The van der Waals surface area contributed by atoms with Crippen molar-refractivity contribution in [1.29, 1.82) is 0 Å². The molecule has 0 atom stereocenters. The Morgan fingerprint density at radius 3 is 1.93 bits per heavy atom. The van der Waals surface area contributed by atoms with Gasteiger partial charge in [0.25, 0.3) is 6.08 Å². The van der Waals surface area contributed by atoms with Gasteiger partial charge in [-0.2, -0.15) is 22.0 Å². The molecule has 1 rings (SSSR count). The molecule has 0 saturated carbocycles. The van der Waals surface area contributed by atoms with Crippen LogP contribution in [0.1, 0.15) is 5.56 Å². The normalized spacial score (nSPS) is 11.3. The number of hydrogen-bond acceptors (Lipinski definition) is 0. The molecule has 1 aromatic carbocycles. The lowest BCUT2D eigenvalue weighted by atomic mass is 10.1. The zero-order chi connectivity index (χ0) is 11.6. The van der Waals surface area contributed by atoms with Crippen molar-refractivity contribution < 1.29 is 26.3 Å². The summed E-state index contributed by atoms with van der Waals surface area (Å²) in [4.78, 5) is 0. The summed E-state index contributed by atoms with van der Waals surface area (Å²) in [7, 11) is 0. The number of alkyl halides is 3. The molecule has 0 aliphatic carbocycles. The third-order valence-corrected chi connectivity index (χ3v) is 1.62. The second-order valence-electron chi connectivity index (χ2n) is 2.61. The summed E-state index contributed by atoms with van der Waals surface area (Å²) < 4.78 is 73.4. The summed E-state index contributed by atoms with van der Waals surface area (Å²) in [5.41, 5.74) is -3.38. The van der Waals surface area contributed by atoms with Crippen molar-refractivity contribution in [2.75, 3.05) is 0 Å². The Labute approximate surface area is 80.8 Å². The van der Waals surface area contributed by atoms with Crippen molar-refractivity contribution in [3.8, 4) is 0 Å². The van der Waals surface area contributed by atoms with E-state index < -0.39 is 29.2 Å². The fourth-order valence-electron chi connectivity index (χ4n) is 1.03. The van der Waals surface area contributed by atoms with Gasteiger partial charge in [0.15, 0.2) is 0 Å². The Morgan fingerprint density at radius 1 is 1.00 bits per heavy atom. The van der Waals surface area contributed by atoms with E-state index in [1.807, 2.05) is 0 Å². The lowest BCUT2D eigenvalue weighted by Crippen LogP contribution is -2.12. The molecule has 0 nitrogen and oxygen atoms in total. The predicted molar refractivity (Wildman–Crippen MR) is 41.6 cm³/mol. The van der Waals surface area contributed by atoms with E-state index in [2.05, 4.69) is 0 Å². The molecular weight excluding hydrogens is 222 g/mol. The first-order chi connectivity index (χ1) is 6.84. The standard InChI is InChI=1S/C9H4F6/c10-6-4-2-1-3-5(6)7(8(11)12)9(13,14)15/h1-4H.